The molecule has 86 valence electrons. The van der Waals surface area contributed by atoms with E-state index in [9.17, 15) is 4.79 Å². The Morgan fingerprint density at radius 3 is 2.28 bits per heavy atom. The van der Waals surface area contributed by atoms with Crippen molar-refractivity contribution >= 4 is 33.9 Å². The quantitative estimate of drug-likeness (QED) is 0.367. The Bertz CT molecular complexity index is 754. The molecule has 0 saturated heterocycles. The minimum Gasteiger partial charge on any atom is -0.299 e. The van der Waals surface area contributed by atoms with Crippen LogP contribution >= 0.6 is 0 Å². The van der Waals surface area contributed by atoms with Crippen molar-refractivity contribution in [3.63, 3.8) is 0 Å². The maximum absolute atomic E-state index is 10.4. The Hall–Kier alpha value is -2.41. The summed E-state index contributed by atoms with van der Waals surface area (Å²) in [6.07, 6.45) is 4.19. The molecule has 0 aliphatic heterocycles. The summed E-state index contributed by atoms with van der Waals surface area (Å²) >= 11 is 0. The molecule has 0 N–H and O–H groups in total. The Balaban J connectivity index is 2.35. The first-order valence-corrected chi connectivity index (χ1v) is 5.92. The Kier molecular flexibility index (Phi) is 2.66. The first-order chi connectivity index (χ1) is 8.88. The molecule has 3 aromatic carbocycles. The summed E-state index contributed by atoms with van der Waals surface area (Å²) in [5.41, 5.74) is 1.07. The van der Waals surface area contributed by atoms with Gasteiger partial charge in [-0.2, -0.15) is 0 Å². The van der Waals surface area contributed by atoms with E-state index in [2.05, 4.69) is 30.3 Å². The molecule has 0 atom stereocenters. The number of aldehydes is 1. The second kappa shape index (κ2) is 4.46. The number of fused-ring (bicyclic) bond motifs is 2. The average molecular weight is 232 g/mol. The van der Waals surface area contributed by atoms with Crippen molar-refractivity contribution in [2.75, 3.05) is 0 Å². The largest absolute Gasteiger partial charge is 0.299 e. The van der Waals surface area contributed by atoms with E-state index < -0.39 is 0 Å². The topological polar surface area (TPSA) is 17.1 Å². The first kappa shape index (κ1) is 10.7. The van der Waals surface area contributed by atoms with Gasteiger partial charge in [0.1, 0.15) is 6.29 Å². The molecule has 0 fully saturated rings. The Labute approximate surface area is 105 Å². The first-order valence-electron chi connectivity index (χ1n) is 5.92. The van der Waals surface area contributed by atoms with Crippen molar-refractivity contribution in [3.8, 4) is 0 Å². The van der Waals surface area contributed by atoms with E-state index in [4.69, 9.17) is 0 Å². The summed E-state index contributed by atoms with van der Waals surface area (Å²) < 4.78 is 0. The molecule has 18 heavy (non-hydrogen) atoms. The fraction of sp³-hybridized carbons (Fsp3) is 0. The number of allylic oxidation sites excluding steroid dienone is 1. The van der Waals surface area contributed by atoms with Crippen LogP contribution in [0, 0.1) is 0 Å². The van der Waals surface area contributed by atoms with Crippen LogP contribution in [-0.4, -0.2) is 6.29 Å². The number of carbonyl (C=O) groups is 1. The zero-order valence-corrected chi connectivity index (χ0v) is 9.84. The molecule has 0 aliphatic rings. The monoisotopic (exact) mass is 232 g/mol. The summed E-state index contributed by atoms with van der Waals surface area (Å²) in [5, 5.41) is 4.83. The average Bonchev–Trinajstić information content (AvgIpc) is 2.43. The van der Waals surface area contributed by atoms with Crippen molar-refractivity contribution in [1.29, 1.82) is 0 Å². The number of rotatable bonds is 2. The summed E-state index contributed by atoms with van der Waals surface area (Å²) in [6.45, 7) is 0. The molecule has 3 aromatic rings. The summed E-state index contributed by atoms with van der Waals surface area (Å²) in [7, 11) is 0. The minimum atomic E-state index is 0.805. The molecule has 0 aromatic heterocycles. The molecule has 1 heteroatoms. The third-order valence-electron chi connectivity index (χ3n) is 3.13. The van der Waals surface area contributed by atoms with Gasteiger partial charge in [-0.05, 0) is 45.3 Å². The van der Waals surface area contributed by atoms with Crippen molar-refractivity contribution in [2.24, 2.45) is 0 Å². The van der Waals surface area contributed by atoms with Gasteiger partial charge >= 0.3 is 0 Å². The molecular weight excluding hydrogens is 220 g/mol. The zero-order valence-electron chi connectivity index (χ0n) is 9.84. The highest BCUT2D eigenvalue weighted by Gasteiger charge is 2.00. The summed E-state index contributed by atoms with van der Waals surface area (Å²) in [4.78, 5) is 10.4. The SMILES string of the molecule is O=CC=Cc1cccc2cc3ccccc3cc12. The normalized spacial score (nSPS) is 11.3. The van der Waals surface area contributed by atoms with E-state index in [0.29, 0.717) is 0 Å². The van der Waals surface area contributed by atoms with Gasteiger partial charge in [-0.3, -0.25) is 4.79 Å². The highest BCUT2D eigenvalue weighted by Crippen LogP contribution is 2.26. The lowest BCUT2D eigenvalue weighted by atomic mass is 9.99. The van der Waals surface area contributed by atoms with Gasteiger partial charge in [0.2, 0.25) is 0 Å². The van der Waals surface area contributed by atoms with Crippen LogP contribution in [0.3, 0.4) is 0 Å². The molecular formula is C17H12O. The molecule has 0 heterocycles. The maximum atomic E-state index is 10.4. The lowest BCUT2D eigenvalue weighted by Crippen LogP contribution is -1.80. The molecule has 3 rings (SSSR count). The summed E-state index contributed by atoms with van der Waals surface area (Å²) in [5.74, 6) is 0. The van der Waals surface area contributed by atoms with Gasteiger partial charge < -0.3 is 0 Å². The van der Waals surface area contributed by atoms with Gasteiger partial charge in [0, 0.05) is 0 Å². The second-order valence-electron chi connectivity index (χ2n) is 4.26. The van der Waals surface area contributed by atoms with Gasteiger partial charge in [-0.1, -0.05) is 48.5 Å². The van der Waals surface area contributed by atoms with Crippen molar-refractivity contribution in [1.82, 2.24) is 0 Å². The zero-order chi connectivity index (χ0) is 12.4. The number of hydrogen-bond acceptors (Lipinski definition) is 1. The lowest BCUT2D eigenvalue weighted by Gasteiger charge is -2.05. The molecule has 0 amide bonds. The number of hydrogen-bond donors (Lipinski definition) is 0. The van der Waals surface area contributed by atoms with E-state index in [-0.39, 0.29) is 0 Å². The number of benzene rings is 3. The van der Waals surface area contributed by atoms with E-state index in [1.54, 1.807) is 0 Å². The maximum Gasteiger partial charge on any atom is 0.142 e. The van der Waals surface area contributed by atoms with Gasteiger partial charge in [0.25, 0.3) is 0 Å². The molecule has 0 aliphatic carbocycles. The van der Waals surface area contributed by atoms with E-state index in [1.807, 2.05) is 30.3 Å². The predicted octanol–water partition coefficient (Wildman–Crippen LogP) is 4.21. The molecule has 0 spiro atoms. The van der Waals surface area contributed by atoms with Crippen LogP contribution in [0.4, 0.5) is 0 Å². The predicted molar refractivity (Wildman–Crippen MR) is 76.6 cm³/mol. The number of carbonyl (C=O) groups excluding carboxylic acids is 1. The molecule has 0 unspecified atom stereocenters. The van der Waals surface area contributed by atoms with Gasteiger partial charge in [0.05, 0.1) is 0 Å². The molecule has 1 nitrogen and oxygen atoms in total. The van der Waals surface area contributed by atoms with Crippen molar-refractivity contribution < 1.29 is 4.79 Å². The van der Waals surface area contributed by atoms with Gasteiger partial charge in [-0.15, -0.1) is 0 Å². The second-order valence-corrected chi connectivity index (χ2v) is 4.26. The lowest BCUT2D eigenvalue weighted by molar-refractivity contribution is -0.104. The Morgan fingerprint density at radius 1 is 0.778 bits per heavy atom. The van der Waals surface area contributed by atoms with E-state index in [1.165, 1.54) is 27.6 Å². The van der Waals surface area contributed by atoms with E-state index >= 15 is 0 Å². The van der Waals surface area contributed by atoms with Crippen LogP contribution in [0.2, 0.25) is 0 Å². The van der Waals surface area contributed by atoms with Crippen LogP contribution in [0.15, 0.2) is 60.7 Å². The van der Waals surface area contributed by atoms with Crippen LogP contribution in [0.1, 0.15) is 5.56 Å². The van der Waals surface area contributed by atoms with Crippen LogP contribution < -0.4 is 0 Å². The highest BCUT2D eigenvalue weighted by molar-refractivity contribution is 6.02. The van der Waals surface area contributed by atoms with Gasteiger partial charge in [-0.25, -0.2) is 0 Å². The van der Waals surface area contributed by atoms with Crippen molar-refractivity contribution in [2.45, 2.75) is 0 Å². The van der Waals surface area contributed by atoms with E-state index in [0.717, 1.165) is 11.8 Å². The molecule has 0 bridgehead atoms. The Morgan fingerprint density at radius 2 is 1.50 bits per heavy atom. The standard InChI is InChI=1S/C17H12O/c18-10-4-9-13-7-3-8-16-11-14-5-1-2-6-15(14)12-17(13)16/h1-12H. The smallest absolute Gasteiger partial charge is 0.142 e. The fourth-order valence-electron chi connectivity index (χ4n) is 2.28. The van der Waals surface area contributed by atoms with Crippen LogP contribution in [-0.2, 0) is 4.79 Å². The van der Waals surface area contributed by atoms with Crippen molar-refractivity contribution in [3.05, 3.63) is 66.2 Å². The summed E-state index contributed by atoms with van der Waals surface area (Å²) in [6, 6.07) is 18.8. The molecule has 0 radical (unpaired) electrons. The highest BCUT2D eigenvalue weighted by atomic mass is 16.1. The van der Waals surface area contributed by atoms with Crippen LogP contribution in [0.5, 0.6) is 0 Å². The van der Waals surface area contributed by atoms with Gasteiger partial charge in [0.15, 0.2) is 0 Å². The minimum absolute atomic E-state index is 0.805. The third kappa shape index (κ3) is 1.80. The third-order valence-corrected chi connectivity index (χ3v) is 3.13. The van der Waals surface area contributed by atoms with Crippen LogP contribution in [0.25, 0.3) is 27.6 Å². The molecule has 0 saturated carbocycles. The fourth-order valence-corrected chi connectivity index (χ4v) is 2.28.